The molecular weight excluding hydrogens is 477 g/mol. The van der Waals surface area contributed by atoms with Gasteiger partial charge in [-0.2, -0.15) is 13.1 Å². The van der Waals surface area contributed by atoms with Crippen molar-refractivity contribution in [2.75, 3.05) is 33.3 Å². The van der Waals surface area contributed by atoms with E-state index in [-0.39, 0.29) is 58.2 Å². The lowest BCUT2D eigenvalue weighted by atomic mass is 10.1. The monoisotopic (exact) mass is 494 g/mol. The molecule has 0 N–H and O–H groups in total. The van der Waals surface area contributed by atoms with E-state index in [2.05, 4.69) is 4.74 Å². The topological polar surface area (TPSA) is 76.2 Å². The van der Waals surface area contributed by atoms with Crippen LogP contribution in [0.5, 0.6) is 11.5 Å². The molecule has 0 aliphatic carbocycles. The predicted molar refractivity (Wildman–Crippen MR) is 111 cm³/mol. The third-order valence-electron chi connectivity index (χ3n) is 4.67. The van der Waals surface area contributed by atoms with Gasteiger partial charge >= 0.3 is 6.61 Å². The maximum absolute atomic E-state index is 12.9. The van der Waals surface area contributed by atoms with E-state index >= 15 is 0 Å². The molecule has 168 valence electrons. The summed E-state index contributed by atoms with van der Waals surface area (Å²) in [5, 5.41) is 0.0356. The number of hydrogen-bond acceptors (Lipinski definition) is 5. The maximum atomic E-state index is 12.9. The Morgan fingerprint density at radius 3 is 2.19 bits per heavy atom. The summed E-state index contributed by atoms with van der Waals surface area (Å²) < 4.78 is 61.4. The van der Waals surface area contributed by atoms with E-state index in [0.29, 0.717) is 0 Å². The highest BCUT2D eigenvalue weighted by molar-refractivity contribution is 7.89. The standard InChI is InChI=1S/C19H18Cl2F2N2O5S/c1-29-16-11-12(5-6-15(16)30-19(22)23)18(26)24-7-9-25(10-8-24)31(27,28)17-13(20)3-2-4-14(17)21/h2-6,11,19H,7-10H2,1H3. The van der Waals surface area contributed by atoms with E-state index in [0.717, 1.165) is 0 Å². The molecule has 0 spiro atoms. The summed E-state index contributed by atoms with van der Waals surface area (Å²) in [7, 11) is -2.67. The summed E-state index contributed by atoms with van der Waals surface area (Å²) in [5.41, 5.74) is 0.198. The van der Waals surface area contributed by atoms with E-state index in [4.69, 9.17) is 27.9 Å². The highest BCUT2D eigenvalue weighted by atomic mass is 35.5. The smallest absolute Gasteiger partial charge is 0.387 e. The van der Waals surface area contributed by atoms with Crippen LogP contribution in [0.3, 0.4) is 0 Å². The molecule has 1 aliphatic rings. The first-order chi connectivity index (χ1) is 14.6. The highest BCUT2D eigenvalue weighted by Crippen LogP contribution is 2.33. The number of piperazine rings is 1. The van der Waals surface area contributed by atoms with Gasteiger partial charge in [0, 0.05) is 31.7 Å². The molecule has 0 bridgehead atoms. The Kier molecular flexibility index (Phi) is 7.25. The third-order valence-corrected chi connectivity index (χ3v) is 7.52. The van der Waals surface area contributed by atoms with Crippen LogP contribution >= 0.6 is 23.2 Å². The first-order valence-electron chi connectivity index (χ1n) is 9.01. The Morgan fingerprint density at radius 1 is 1.03 bits per heavy atom. The molecule has 7 nitrogen and oxygen atoms in total. The molecule has 1 amide bonds. The molecule has 2 aromatic rings. The normalized spacial score (nSPS) is 15.2. The molecule has 0 radical (unpaired) electrons. The van der Waals surface area contributed by atoms with Gasteiger partial charge in [-0.1, -0.05) is 29.3 Å². The molecule has 0 atom stereocenters. The maximum Gasteiger partial charge on any atom is 0.387 e. The van der Waals surface area contributed by atoms with Gasteiger partial charge in [0.25, 0.3) is 5.91 Å². The number of sulfonamides is 1. The summed E-state index contributed by atoms with van der Waals surface area (Å²) in [4.78, 5) is 14.1. The number of methoxy groups -OCH3 is 1. The fourth-order valence-electron chi connectivity index (χ4n) is 3.17. The molecule has 31 heavy (non-hydrogen) atoms. The zero-order valence-corrected chi connectivity index (χ0v) is 18.6. The number of ether oxygens (including phenoxy) is 2. The summed E-state index contributed by atoms with van der Waals surface area (Å²) in [6, 6.07) is 8.29. The van der Waals surface area contributed by atoms with Crippen LogP contribution in [-0.2, 0) is 10.0 Å². The highest BCUT2D eigenvalue weighted by Gasteiger charge is 2.33. The number of hydrogen-bond donors (Lipinski definition) is 0. The second kappa shape index (κ2) is 9.56. The van der Waals surface area contributed by atoms with Crippen molar-refractivity contribution in [1.29, 1.82) is 0 Å². The summed E-state index contributed by atoms with van der Waals surface area (Å²) in [5.74, 6) is -0.600. The molecule has 2 aromatic carbocycles. The number of amides is 1. The lowest BCUT2D eigenvalue weighted by Crippen LogP contribution is -2.50. The summed E-state index contributed by atoms with van der Waals surface area (Å²) >= 11 is 12.1. The van der Waals surface area contributed by atoms with Crippen LogP contribution in [0, 0.1) is 0 Å². The van der Waals surface area contributed by atoms with Crippen molar-refractivity contribution in [3.63, 3.8) is 0 Å². The zero-order valence-electron chi connectivity index (χ0n) is 16.2. The lowest BCUT2D eigenvalue weighted by molar-refractivity contribution is -0.0512. The van der Waals surface area contributed by atoms with Crippen LogP contribution in [0.1, 0.15) is 10.4 Å². The number of benzene rings is 2. The summed E-state index contributed by atoms with van der Waals surface area (Å²) in [6.45, 7) is -2.70. The zero-order chi connectivity index (χ0) is 22.8. The number of carbonyl (C=O) groups excluding carboxylic acids is 1. The Balaban J connectivity index is 1.73. The minimum Gasteiger partial charge on any atom is -0.493 e. The van der Waals surface area contributed by atoms with Crippen LogP contribution in [0.4, 0.5) is 8.78 Å². The average Bonchev–Trinajstić information content (AvgIpc) is 2.73. The fourth-order valence-corrected chi connectivity index (χ4v) is 5.68. The van der Waals surface area contributed by atoms with Crippen molar-refractivity contribution < 1.29 is 31.5 Å². The molecule has 3 rings (SSSR count). The van der Waals surface area contributed by atoms with Gasteiger partial charge in [0.1, 0.15) is 4.90 Å². The molecule has 1 fully saturated rings. The average molecular weight is 495 g/mol. The van der Waals surface area contributed by atoms with Crippen LogP contribution in [0.25, 0.3) is 0 Å². The quantitative estimate of drug-likeness (QED) is 0.611. The minimum absolute atomic E-state index is 0.0132. The molecular formula is C19H18Cl2F2N2O5S. The Hall–Kier alpha value is -2.14. The van der Waals surface area contributed by atoms with Crippen molar-refractivity contribution in [1.82, 2.24) is 9.21 Å². The first kappa shape index (κ1) is 23.5. The summed E-state index contributed by atoms with van der Waals surface area (Å²) in [6.07, 6.45) is 0. The van der Waals surface area contributed by atoms with E-state index in [1.807, 2.05) is 0 Å². The Morgan fingerprint density at radius 2 is 1.65 bits per heavy atom. The molecule has 1 aliphatic heterocycles. The second-order valence-electron chi connectivity index (χ2n) is 6.49. The Bertz CT molecular complexity index is 1060. The van der Waals surface area contributed by atoms with Gasteiger partial charge < -0.3 is 14.4 Å². The van der Waals surface area contributed by atoms with Gasteiger partial charge in [0.15, 0.2) is 11.5 Å². The van der Waals surface area contributed by atoms with Crippen LogP contribution in [0.2, 0.25) is 10.0 Å². The van der Waals surface area contributed by atoms with Gasteiger partial charge in [0.05, 0.1) is 17.2 Å². The minimum atomic E-state index is -3.94. The molecule has 12 heteroatoms. The van der Waals surface area contributed by atoms with Gasteiger partial charge in [-0.05, 0) is 30.3 Å². The third kappa shape index (κ3) is 5.03. The largest absolute Gasteiger partial charge is 0.493 e. The molecule has 1 heterocycles. The van der Waals surface area contributed by atoms with Gasteiger partial charge in [-0.25, -0.2) is 8.42 Å². The Labute approximate surface area is 188 Å². The number of nitrogens with zero attached hydrogens (tertiary/aromatic N) is 2. The molecule has 0 unspecified atom stereocenters. The van der Waals surface area contributed by atoms with Crippen molar-refractivity contribution in [3.8, 4) is 11.5 Å². The van der Waals surface area contributed by atoms with Crippen LogP contribution in [-0.4, -0.2) is 63.4 Å². The van der Waals surface area contributed by atoms with Crippen molar-refractivity contribution in [2.45, 2.75) is 11.5 Å². The van der Waals surface area contributed by atoms with Crippen LogP contribution < -0.4 is 9.47 Å². The van der Waals surface area contributed by atoms with E-state index < -0.39 is 22.5 Å². The SMILES string of the molecule is COc1cc(C(=O)N2CCN(S(=O)(=O)c3c(Cl)cccc3Cl)CC2)ccc1OC(F)F. The van der Waals surface area contributed by atoms with E-state index in [1.165, 1.54) is 46.6 Å². The lowest BCUT2D eigenvalue weighted by Gasteiger charge is -2.34. The number of alkyl halides is 2. The van der Waals surface area contributed by atoms with Gasteiger partial charge in [-0.3, -0.25) is 4.79 Å². The number of carbonyl (C=O) groups is 1. The molecule has 0 aromatic heterocycles. The van der Waals surface area contributed by atoms with E-state index in [1.54, 1.807) is 6.07 Å². The molecule has 1 saturated heterocycles. The first-order valence-corrected chi connectivity index (χ1v) is 11.2. The fraction of sp³-hybridized carbons (Fsp3) is 0.316. The van der Waals surface area contributed by atoms with Crippen LogP contribution in [0.15, 0.2) is 41.3 Å². The van der Waals surface area contributed by atoms with Crippen molar-refractivity contribution in [3.05, 3.63) is 52.0 Å². The van der Waals surface area contributed by atoms with Crippen molar-refractivity contribution in [2.24, 2.45) is 0 Å². The number of rotatable bonds is 6. The number of halogens is 4. The predicted octanol–water partition coefficient (Wildman–Crippen LogP) is 3.75. The van der Waals surface area contributed by atoms with Crippen molar-refractivity contribution >= 4 is 39.1 Å². The molecule has 0 saturated carbocycles. The van der Waals surface area contributed by atoms with Gasteiger partial charge in [0.2, 0.25) is 10.0 Å². The second-order valence-corrected chi connectivity index (χ2v) is 9.18. The van der Waals surface area contributed by atoms with Gasteiger partial charge in [-0.15, -0.1) is 0 Å². The van der Waals surface area contributed by atoms with E-state index in [9.17, 15) is 22.0 Å².